The minimum absolute atomic E-state index is 0.0458. The Morgan fingerprint density at radius 3 is 2.94 bits per heavy atom. The van der Waals surface area contributed by atoms with Gasteiger partial charge in [0.15, 0.2) is 0 Å². The van der Waals surface area contributed by atoms with E-state index in [2.05, 4.69) is 24.1 Å². The average Bonchev–Trinajstić information content (AvgIpc) is 2.60. The summed E-state index contributed by atoms with van der Waals surface area (Å²) in [5, 5.41) is 12.1. The van der Waals surface area contributed by atoms with E-state index in [4.69, 9.17) is 10.00 Å². The van der Waals surface area contributed by atoms with Crippen molar-refractivity contribution >= 4 is 5.69 Å². The molecule has 1 N–H and O–H groups in total. The van der Waals surface area contributed by atoms with Gasteiger partial charge in [0, 0.05) is 6.61 Å². The second-order valence-corrected chi connectivity index (χ2v) is 4.35. The van der Waals surface area contributed by atoms with Crippen molar-refractivity contribution in [2.75, 3.05) is 11.9 Å². The maximum Gasteiger partial charge on any atom is 0.140 e. The summed E-state index contributed by atoms with van der Waals surface area (Å²) in [5.74, 6) is 0. The van der Waals surface area contributed by atoms with Gasteiger partial charge in [-0.15, -0.1) is 0 Å². The van der Waals surface area contributed by atoms with Crippen LogP contribution in [0.5, 0.6) is 0 Å². The number of rotatable bonds is 2. The van der Waals surface area contributed by atoms with Crippen LogP contribution in [0.2, 0.25) is 0 Å². The normalized spacial score (nSPS) is 28.7. The molecular formula is C12H15N3O. The maximum absolute atomic E-state index is 8.65. The minimum atomic E-state index is -0.0458. The molecule has 0 bridgehead atoms. The van der Waals surface area contributed by atoms with Gasteiger partial charge in [0.1, 0.15) is 11.8 Å². The van der Waals surface area contributed by atoms with Crippen molar-refractivity contribution in [2.45, 2.75) is 31.9 Å². The number of hydrogen-bond acceptors (Lipinski definition) is 4. The van der Waals surface area contributed by atoms with Crippen LogP contribution in [0.4, 0.5) is 5.69 Å². The molecule has 4 heteroatoms. The zero-order chi connectivity index (χ0) is 11.6. The first-order valence-electron chi connectivity index (χ1n) is 5.40. The van der Waals surface area contributed by atoms with Gasteiger partial charge in [0.25, 0.3) is 0 Å². The zero-order valence-electron chi connectivity index (χ0n) is 9.53. The highest BCUT2D eigenvalue weighted by Gasteiger charge is 2.36. The monoisotopic (exact) mass is 217 g/mol. The van der Waals surface area contributed by atoms with Gasteiger partial charge in [-0.2, -0.15) is 5.26 Å². The first kappa shape index (κ1) is 10.9. The summed E-state index contributed by atoms with van der Waals surface area (Å²) in [7, 11) is 0. The van der Waals surface area contributed by atoms with Gasteiger partial charge >= 0.3 is 0 Å². The van der Waals surface area contributed by atoms with Crippen molar-refractivity contribution in [1.82, 2.24) is 4.98 Å². The predicted molar refractivity (Wildman–Crippen MR) is 61.0 cm³/mol. The van der Waals surface area contributed by atoms with E-state index in [0.29, 0.717) is 5.69 Å². The van der Waals surface area contributed by atoms with E-state index in [9.17, 15) is 0 Å². The van der Waals surface area contributed by atoms with E-state index in [1.807, 2.05) is 12.1 Å². The molecule has 1 aromatic heterocycles. The Morgan fingerprint density at radius 2 is 2.44 bits per heavy atom. The molecule has 1 aromatic rings. The first-order chi connectivity index (χ1) is 7.64. The zero-order valence-corrected chi connectivity index (χ0v) is 9.53. The third-order valence-electron chi connectivity index (χ3n) is 3.19. The number of ether oxygens (including phenoxy) is 1. The van der Waals surface area contributed by atoms with Crippen LogP contribution in [-0.4, -0.2) is 23.2 Å². The highest BCUT2D eigenvalue weighted by atomic mass is 16.5. The first-order valence-corrected chi connectivity index (χ1v) is 5.40. The molecule has 0 aromatic carbocycles. The number of nitriles is 1. The molecule has 2 unspecified atom stereocenters. The minimum Gasteiger partial charge on any atom is -0.376 e. The number of anilines is 1. The summed E-state index contributed by atoms with van der Waals surface area (Å²) in [5.41, 5.74) is 1.32. The second-order valence-electron chi connectivity index (χ2n) is 4.35. The van der Waals surface area contributed by atoms with Gasteiger partial charge < -0.3 is 10.1 Å². The van der Waals surface area contributed by atoms with Crippen molar-refractivity contribution in [3.8, 4) is 6.07 Å². The van der Waals surface area contributed by atoms with Gasteiger partial charge in [0.05, 0.1) is 23.5 Å². The SMILES string of the molecule is CC1OCCC1(C)Nc1ccc(C#N)nc1. The standard InChI is InChI=1S/C12H15N3O/c1-9-12(2,5-6-16-9)15-11-4-3-10(7-13)14-8-11/h3-4,8-9,15H,5-6H2,1-2H3. The molecule has 1 saturated heterocycles. The quantitative estimate of drug-likeness (QED) is 0.822. The van der Waals surface area contributed by atoms with Gasteiger partial charge in [-0.1, -0.05) is 0 Å². The number of pyridine rings is 1. The van der Waals surface area contributed by atoms with Gasteiger partial charge in [-0.05, 0) is 32.4 Å². The molecule has 0 radical (unpaired) electrons. The topological polar surface area (TPSA) is 57.9 Å². The highest BCUT2D eigenvalue weighted by Crippen LogP contribution is 2.29. The second kappa shape index (κ2) is 4.11. The average molecular weight is 217 g/mol. The number of hydrogen-bond donors (Lipinski definition) is 1. The molecule has 1 aliphatic heterocycles. The summed E-state index contributed by atoms with van der Waals surface area (Å²) in [4.78, 5) is 4.03. The summed E-state index contributed by atoms with van der Waals surface area (Å²) in [6.07, 6.45) is 2.85. The summed E-state index contributed by atoms with van der Waals surface area (Å²) < 4.78 is 5.55. The van der Waals surface area contributed by atoms with E-state index in [0.717, 1.165) is 18.7 Å². The lowest BCUT2D eigenvalue weighted by molar-refractivity contribution is 0.105. The van der Waals surface area contributed by atoms with Crippen molar-refractivity contribution in [2.24, 2.45) is 0 Å². The van der Waals surface area contributed by atoms with Crippen LogP contribution >= 0.6 is 0 Å². The fourth-order valence-corrected chi connectivity index (χ4v) is 1.86. The van der Waals surface area contributed by atoms with Gasteiger partial charge in [-0.25, -0.2) is 4.98 Å². The smallest absolute Gasteiger partial charge is 0.140 e. The Morgan fingerprint density at radius 1 is 1.62 bits per heavy atom. The summed E-state index contributed by atoms with van der Waals surface area (Å²) in [6.45, 7) is 4.99. The van der Waals surface area contributed by atoms with E-state index >= 15 is 0 Å². The van der Waals surface area contributed by atoms with Crippen LogP contribution < -0.4 is 5.32 Å². The molecular weight excluding hydrogens is 202 g/mol. The van der Waals surface area contributed by atoms with Crippen molar-refractivity contribution < 1.29 is 4.74 Å². The molecule has 2 atom stereocenters. The Hall–Kier alpha value is -1.60. The Bertz CT molecular complexity index is 409. The largest absolute Gasteiger partial charge is 0.376 e. The third-order valence-corrected chi connectivity index (χ3v) is 3.19. The lowest BCUT2D eigenvalue weighted by Gasteiger charge is -2.29. The van der Waals surface area contributed by atoms with Crippen LogP contribution in [0.1, 0.15) is 26.0 Å². The maximum atomic E-state index is 8.65. The van der Waals surface area contributed by atoms with E-state index in [1.165, 1.54) is 0 Å². The van der Waals surface area contributed by atoms with Crippen LogP contribution in [0.15, 0.2) is 18.3 Å². The van der Waals surface area contributed by atoms with Crippen LogP contribution in [0.25, 0.3) is 0 Å². The molecule has 0 amide bonds. The molecule has 0 aliphatic carbocycles. The Labute approximate surface area is 95.3 Å². The van der Waals surface area contributed by atoms with E-state index < -0.39 is 0 Å². The molecule has 16 heavy (non-hydrogen) atoms. The predicted octanol–water partition coefficient (Wildman–Crippen LogP) is 1.93. The molecule has 1 aliphatic rings. The third kappa shape index (κ3) is 2.00. The Balaban J connectivity index is 2.12. The van der Waals surface area contributed by atoms with Crippen LogP contribution in [0, 0.1) is 11.3 Å². The summed E-state index contributed by atoms with van der Waals surface area (Å²) >= 11 is 0. The highest BCUT2D eigenvalue weighted by molar-refractivity contribution is 5.45. The fourth-order valence-electron chi connectivity index (χ4n) is 1.86. The van der Waals surface area contributed by atoms with E-state index in [1.54, 1.807) is 12.3 Å². The lowest BCUT2D eigenvalue weighted by Crippen LogP contribution is -2.41. The van der Waals surface area contributed by atoms with Gasteiger partial charge in [0.2, 0.25) is 0 Å². The molecule has 0 spiro atoms. The van der Waals surface area contributed by atoms with E-state index in [-0.39, 0.29) is 11.6 Å². The lowest BCUT2D eigenvalue weighted by atomic mass is 9.94. The van der Waals surface area contributed by atoms with Crippen molar-refractivity contribution in [3.63, 3.8) is 0 Å². The molecule has 84 valence electrons. The van der Waals surface area contributed by atoms with Crippen LogP contribution in [-0.2, 0) is 4.74 Å². The Kier molecular flexibility index (Phi) is 2.80. The number of aromatic nitrogens is 1. The number of nitrogens with one attached hydrogen (secondary N) is 1. The van der Waals surface area contributed by atoms with Crippen molar-refractivity contribution in [3.05, 3.63) is 24.0 Å². The van der Waals surface area contributed by atoms with Crippen molar-refractivity contribution in [1.29, 1.82) is 5.26 Å². The summed E-state index contributed by atoms with van der Waals surface area (Å²) in [6, 6.07) is 5.59. The molecule has 2 rings (SSSR count). The van der Waals surface area contributed by atoms with Crippen LogP contribution in [0.3, 0.4) is 0 Å². The molecule has 1 fully saturated rings. The fraction of sp³-hybridized carbons (Fsp3) is 0.500. The van der Waals surface area contributed by atoms with Gasteiger partial charge in [-0.3, -0.25) is 0 Å². The molecule has 0 saturated carbocycles. The molecule has 4 nitrogen and oxygen atoms in total. The number of nitrogens with zero attached hydrogens (tertiary/aromatic N) is 2. The molecule has 2 heterocycles.